The van der Waals surface area contributed by atoms with E-state index in [1.807, 2.05) is 25.3 Å². The van der Waals surface area contributed by atoms with Gasteiger partial charge in [0.25, 0.3) is 0 Å². The van der Waals surface area contributed by atoms with E-state index in [0.29, 0.717) is 17.5 Å². The Bertz CT molecular complexity index is 972. The molecule has 0 bridgehead atoms. The van der Waals surface area contributed by atoms with Crippen LogP contribution in [0, 0.1) is 18.3 Å². The Morgan fingerprint density at radius 2 is 2.24 bits per heavy atom. The van der Waals surface area contributed by atoms with Crippen molar-refractivity contribution in [3.8, 4) is 23.2 Å². The number of H-pyrrole nitrogens is 1. The summed E-state index contributed by atoms with van der Waals surface area (Å²) in [5.41, 5.74) is 3.92. The summed E-state index contributed by atoms with van der Waals surface area (Å²) in [5.74, 6) is 0.585. The first kappa shape index (κ1) is 15.6. The fourth-order valence-corrected chi connectivity index (χ4v) is 3.32. The van der Waals surface area contributed by atoms with E-state index in [9.17, 15) is 5.26 Å². The summed E-state index contributed by atoms with van der Waals surface area (Å²) in [7, 11) is 0. The Hall–Kier alpha value is -2.91. The van der Waals surface area contributed by atoms with Gasteiger partial charge in [0.2, 0.25) is 5.88 Å². The van der Waals surface area contributed by atoms with Gasteiger partial charge in [-0.15, -0.1) is 0 Å². The number of fused-ring (bicyclic) bond motifs is 1. The molecule has 6 nitrogen and oxygen atoms in total. The average molecular weight is 333 g/mol. The maximum atomic E-state index is 9.23. The van der Waals surface area contributed by atoms with Crippen molar-refractivity contribution in [2.45, 2.75) is 32.4 Å². The minimum Gasteiger partial charge on any atom is -0.472 e. The lowest BCUT2D eigenvalue weighted by molar-refractivity contribution is 0.209. The molecule has 1 fully saturated rings. The molecule has 2 aromatic heterocycles. The molecular formula is C19H19N5O. The highest BCUT2D eigenvalue weighted by molar-refractivity contribution is 5.97. The molecule has 1 aliphatic heterocycles. The van der Waals surface area contributed by atoms with Crippen molar-refractivity contribution in [1.29, 1.82) is 5.26 Å². The second-order valence-corrected chi connectivity index (χ2v) is 6.47. The van der Waals surface area contributed by atoms with Gasteiger partial charge >= 0.3 is 0 Å². The van der Waals surface area contributed by atoms with E-state index >= 15 is 0 Å². The lowest BCUT2D eigenvalue weighted by Gasteiger charge is -2.13. The van der Waals surface area contributed by atoms with E-state index in [4.69, 9.17) is 4.74 Å². The minimum atomic E-state index is 0.139. The lowest BCUT2D eigenvalue weighted by Crippen LogP contribution is -2.21. The number of nitriles is 1. The molecule has 6 heteroatoms. The first-order valence-corrected chi connectivity index (χ1v) is 8.40. The Kier molecular flexibility index (Phi) is 3.86. The van der Waals surface area contributed by atoms with E-state index in [1.54, 1.807) is 12.3 Å². The molecule has 0 saturated carbocycles. The number of hydrogen-bond acceptors (Lipinski definition) is 5. The third kappa shape index (κ3) is 2.83. The lowest BCUT2D eigenvalue weighted by atomic mass is 10.1. The molecule has 126 valence electrons. The molecule has 1 saturated heterocycles. The third-order valence-corrected chi connectivity index (χ3v) is 4.60. The van der Waals surface area contributed by atoms with Crippen molar-refractivity contribution < 1.29 is 4.74 Å². The number of hydrogen-bond donors (Lipinski definition) is 2. The van der Waals surface area contributed by atoms with E-state index in [0.717, 1.165) is 40.8 Å². The van der Waals surface area contributed by atoms with Gasteiger partial charge in [-0.25, -0.2) is 9.97 Å². The SMILES string of the molecule is Cc1nc(-c2c[nH]c3c(C#N)cccc23)cnc1OC1CN[C@@H](C)C1. The van der Waals surface area contributed by atoms with Gasteiger partial charge in [-0.3, -0.25) is 0 Å². The Morgan fingerprint density at radius 3 is 2.96 bits per heavy atom. The van der Waals surface area contributed by atoms with Crippen LogP contribution in [0.5, 0.6) is 5.88 Å². The molecule has 4 rings (SSSR count). The number of nitrogens with zero attached hydrogens (tertiary/aromatic N) is 3. The topological polar surface area (TPSA) is 86.6 Å². The van der Waals surface area contributed by atoms with Crippen molar-refractivity contribution in [3.05, 3.63) is 41.9 Å². The van der Waals surface area contributed by atoms with Crippen LogP contribution in [-0.4, -0.2) is 33.6 Å². The van der Waals surface area contributed by atoms with Crippen LogP contribution < -0.4 is 10.1 Å². The highest BCUT2D eigenvalue weighted by Gasteiger charge is 2.23. The van der Waals surface area contributed by atoms with Crippen molar-refractivity contribution in [3.63, 3.8) is 0 Å². The number of nitrogens with one attached hydrogen (secondary N) is 2. The Labute approximate surface area is 145 Å². The van der Waals surface area contributed by atoms with Crippen molar-refractivity contribution in [2.75, 3.05) is 6.54 Å². The van der Waals surface area contributed by atoms with Crippen LogP contribution in [0.1, 0.15) is 24.6 Å². The molecule has 1 unspecified atom stereocenters. The highest BCUT2D eigenvalue weighted by atomic mass is 16.5. The van der Waals surface area contributed by atoms with E-state index in [-0.39, 0.29) is 6.10 Å². The maximum Gasteiger partial charge on any atom is 0.235 e. The number of aromatic nitrogens is 3. The van der Waals surface area contributed by atoms with Gasteiger partial charge in [0.1, 0.15) is 17.9 Å². The summed E-state index contributed by atoms with van der Waals surface area (Å²) in [5, 5.41) is 13.6. The Morgan fingerprint density at radius 1 is 1.36 bits per heavy atom. The summed E-state index contributed by atoms with van der Waals surface area (Å²) >= 11 is 0. The van der Waals surface area contributed by atoms with Gasteiger partial charge in [-0.2, -0.15) is 5.26 Å². The molecular weight excluding hydrogens is 314 g/mol. The number of aryl methyl sites for hydroxylation is 1. The van der Waals surface area contributed by atoms with Crippen LogP contribution in [0.15, 0.2) is 30.6 Å². The van der Waals surface area contributed by atoms with Crippen LogP contribution in [-0.2, 0) is 0 Å². The molecule has 0 radical (unpaired) electrons. The van der Waals surface area contributed by atoms with Crippen molar-refractivity contribution in [2.24, 2.45) is 0 Å². The molecule has 3 heterocycles. The second kappa shape index (κ2) is 6.19. The standard InChI is InChI=1S/C19H19N5O/c1-11-6-14(8-21-11)25-19-12(2)24-17(10-23-19)16-9-22-18-13(7-20)4-3-5-15(16)18/h3-5,9-11,14,21-22H,6,8H2,1-2H3/t11-,14?/m0/s1. The van der Waals surface area contributed by atoms with Crippen molar-refractivity contribution in [1.82, 2.24) is 20.3 Å². The normalized spacial score (nSPS) is 19.9. The minimum absolute atomic E-state index is 0.139. The fraction of sp³-hybridized carbons (Fsp3) is 0.316. The van der Waals surface area contributed by atoms with Crippen LogP contribution in [0.4, 0.5) is 0 Å². The summed E-state index contributed by atoms with van der Waals surface area (Å²) < 4.78 is 5.99. The molecule has 0 amide bonds. The third-order valence-electron chi connectivity index (χ3n) is 4.60. The molecule has 2 atom stereocenters. The zero-order chi connectivity index (χ0) is 17.4. The monoisotopic (exact) mass is 333 g/mol. The van der Waals surface area contributed by atoms with E-state index in [1.165, 1.54) is 0 Å². The van der Waals surface area contributed by atoms with Gasteiger partial charge in [0.15, 0.2) is 0 Å². The largest absolute Gasteiger partial charge is 0.472 e. The number of rotatable bonds is 3. The molecule has 0 spiro atoms. The summed E-state index contributed by atoms with van der Waals surface area (Å²) in [6.07, 6.45) is 4.72. The smallest absolute Gasteiger partial charge is 0.235 e. The molecule has 2 N–H and O–H groups in total. The van der Waals surface area contributed by atoms with Gasteiger partial charge in [0, 0.05) is 36.2 Å². The quantitative estimate of drug-likeness (QED) is 0.769. The maximum absolute atomic E-state index is 9.23. The van der Waals surface area contributed by atoms with Crippen LogP contribution >= 0.6 is 0 Å². The van der Waals surface area contributed by atoms with Gasteiger partial charge in [-0.05, 0) is 19.9 Å². The molecule has 0 aliphatic carbocycles. The zero-order valence-corrected chi connectivity index (χ0v) is 14.2. The van der Waals surface area contributed by atoms with Crippen molar-refractivity contribution >= 4 is 10.9 Å². The van der Waals surface area contributed by atoms with E-state index < -0.39 is 0 Å². The highest BCUT2D eigenvalue weighted by Crippen LogP contribution is 2.30. The predicted octanol–water partition coefficient (Wildman–Crippen LogP) is 2.93. The molecule has 3 aromatic rings. The molecule has 1 aliphatic rings. The number of benzene rings is 1. The van der Waals surface area contributed by atoms with Crippen LogP contribution in [0.2, 0.25) is 0 Å². The number of para-hydroxylation sites is 1. The van der Waals surface area contributed by atoms with Gasteiger partial charge in [0.05, 0.1) is 23.0 Å². The second-order valence-electron chi connectivity index (χ2n) is 6.47. The number of aromatic amines is 1. The summed E-state index contributed by atoms with van der Waals surface area (Å²) in [6.45, 7) is 4.90. The average Bonchev–Trinajstić information content (AvgIpc) is 3.22. The zero-order valence-electron chi connectivity index (χ0n) is 14.2. The van der Waals surface area contributed by atoms with Gasteiger partial charge < -0.3 is 15.0 Å². The summed E-state index contributed by atoms with van der Waals surface area (Å²) in [6, 6.07) is 8.34. The summed E-state index contributed by atoms with van der Waals surface area (Å²) in [4.78, 5) is 12.3. The van der Waals surface area contributed by atoms with Crippen LogP contribution in [0.25, 0.3) is 22.2 Å². The predicted molar refractivity (Wildman–Crippen MR) is 95.3 cm³/mol. The Balaban J connectivity index is 1.66. The number of ether oxygens (including phenoxy) is 1. The molecule has 25 heavy (non-hydrogen) atoms. The van der Waals surface area contributed by atoms with E-state index in [2.05, 4.69) is 33.3 Å². The first-order chi connectivity index (χ1) is 12.2. The van der Waals surface area contributed by atoms with Gasteiger partial charge in [-0.1, -0.05) is 12.1 Å². The molecule has 1 aromatic carbocycles. The first-order valence-electron chi connectivity index (χ1n) is 8.40. The van der Waals surface area contributed by atoms with Crippen LogP contribution in [0.3, 0.4) is 0 Å². The fourth-order valence-electron chi connectivity index (χ4n) is 3.32.